The molecule has 0 aliphatic rings. The van der Waals surface area contributed by atoms with Gasteiger partial charge in [0.15, 0.2) is 9.84 Å². The van der Waals surface area contributed by atoms with E-state index in [-0.39, 0.29) is 28.5 Å². The van der Waals surface area contributed by atoms with Crippen molar-refractivity contribution in [3.8, 4) is 11.1 Å². The Morgan fingerprint density at radius 2 is 1.50 bits per heavy atom. The Labute approximate surface area is 249 Å². The second-order valence-electron chi connectivity index (χ2n) is 9.57. The normalized spacial score (nSPS) is 11.4. The van der Waals surface area contributed by atoms with Crippen LogP contribution < -0.4 is 5.56 Å². The minimum absolute atomic E-state index is 0.0334. The lowest BCUT2D eigenvalue weighted by atomic mass is 9.96. The molecule has 8 nitrogen and oxygen atoms in total. The summed E-state index contributed by atoms with van der Waals surface area (Å²) in [6.45, 7) is -0.0334. The molecule has 0 fully saturated rings. The van der Waals surface area contributed by atoms with Gasteiger partial charge in [0.2, 0.25) is 0 Å². The Balaban J connectivity index is 1.50. The Morgan fingerprint density at radius 3 is 2.12 bits per heavy atom. The van der Waals surface area contributed by atoms with E-state index in [1.54, 1.807) is 66.7 Å². The zero-order valence-electron chi connectivity index (χ0n) is 22.3. The number of fused-ring (bicyclic) bond motifs is 1. The van der Waals surface area contributed by atoms with Crippen LogP contribution in [0.1, 0.15) is 32.0 Å². The third-order valence-electron chi connectivity index (χ3n) is 6.85. The molecular formula is C32H24BrNO7S. The fourth-order valence-corrected chi connectivity index (χ4v) is 6.54. The second-order valence-corrected chi connectivity index (χ2v) is 12.5. The number of carboxylic acid groups (broad SMARTS) is 1. The SMILES string of the molecule is COC(=O)c1ccc(S(=O)(=O)Cc2ccc(Cn3c(C(=O)O)c(-c4ccccc4)c4cc(Br)ccc4c3=O)cc2)cc1. The minimum Gasteiger partial charge on any atom is -0.477 e. The lowest BCUT2D eigenvalue weighted by Crippen LogP contribution is -2.28. The fraction of sp³-hybridized carbons (Fsp3) is 0.0938. The van der Waals surface area contributed by atoms with Crippen LogP contribution in [0.15, 0.2) is 111 Å². The van der Waals surface area contributed by atoms with E-state index in [2.05, 4.69) is 20.7 Å². The van der Waals surface area contributed by atoms with Gasteiger partial charge in [-0.2, -0.15) is 0 Å². The van der Waals surface area contributed by atoms with Crippen molar-refractivity contribution in [1.29, 1.82) is 0 Å². The van der Waals surface area contributed by atoms with Crippen molar-refractivity contribution >= 4 is 48.5 Å². The third kappa shape index (κ3) is 5.77. The molecule has 0 spiro atoms. The number of hydrogen-bond acceptors (Lipinski definition) is 6. The molecule has 0 aliphatic heterocycles. The highest BCUT2D eigenvalue weighted by atomic mass is 79.9. The number of pyridine rings is 1. The maximum Gasteiger partial charge on any atom is 0.353 e. The van der Waals surface area contributed by atoms with Crippen LogP contribution in [0.2, 0.25) is 0 Å². The van der Waals surface area contributed by atoms with Gasteiger partial charge >= 0.3 is 11.9 Å². The number of sulfone groups is 1. The van der Waals surface area contributed by atoms with Crippen LogP contribution in [0.25, 0.3) is 21.9 Å². The number of rotatable bonds is 8. The summed E-state index contributed by atoms with van der Waals surface area (Å²) in [5.41, 5.74) is 1.88. The summed E-state index contributed by atoms with van der Waals surface area (Å²) in [6.07, 6.45) is 0. The monoisotopic (exact) mass is 645 g/mol. The highest BCUT2D eigenvalue weighted by Gasteiger charge is 2.23. The summed E-state index contributed by atoms with van der Waals surface area (Å²) in [5, 5.41) is 11.2. The van der Waals surface area contributed by atoms with Crippen LogP contribution >= 0.6 is 15.9 Å². The molecule has 1 N–H and O–H groups in total. The van der Waals surface area contributed by atoms with E-state index in [0.717, 1.165) is 0 Å². The predicted molar refractivity (Wildman–Crippen MR) is 163 cm³/mol. The van der Waals surface area contributed by atoms with E-state index < -0.39 is 27.3 Å². The molecule has 0 unspecified atom stereocenters. The van der Waals surface area contributed by atoms with Gasteiger partial charge in [-0.15, -0.1) is 0 Å². The molecule has 5 aromatic rings. The van der Waals surface area contributed by atoms with E-state index in [9.17, 15) is 27.9 Å². The molecule has 4 aromatic carbocycles. The zero-order chi connectivity index (χ0) is 30.0. The van der Waals surface area contributed by atoms with Gasteiger partial charge < -0.3 is 9.84 Å². The lowest BCUT2D eigenvalue weighted by molar-refractivity contribution is 0.0599. The number of benzene rings is 4. The van der Waals surface area contributed by atoms with Crippen LogP contribution in [0.5, 0.6) is 0 Å². The second kappa shape index (κ2) is 11.8. The van der Waals surface area contributed by atoms with Crippen molar-refractivity contribution in [3.63, 3.8) is 0 Å². The quantitative estimate of drug-likeness (QED) is 0.207. The van der Waals surface area contributed by atoms with Gasteiger partial charge in [-0.3, -0.25) is 9.36 Å². The maximum atomic E-state index is 13.6. The minimum atomic E-state index is -3.71. The summed E-state index contributed by atoms with van der Waals surface area (Å²) in [7, 11) is -2.47. The summed E-state index contributed by atoms with van der Waals surface area (Å²) < 4.78 is 32.6. The molecule has 0 amide bonds. The smallest absolute Gasteiger partial charge is 0.353 e. The molecule has 0 saturated heterocycles. The number of carbonyl (C=O) groups excluding carboxylic acids is 1. The van der Waals surface area contributed by atoms with Gasteiger partial charge in [0.25, 0.3) is 5.56 Å². The molecule has 1 heterocycles. The van der Waals surface area contributed by atoms with E-state index in [1.807, 2.05) is 6.07 Å². The number of aromatic carboxylic acids is 1. The van der Waals surface area contributed by atoms with Crippen LogP contribution in [0, 0.1) is 0 Å². The summed E-state index contributed by atoms with van der Waals surface area (Å²) >= 11 is 3.43. The number of methoxy groups -OCH3 is 1. The maximum absolute atomic E-state index is 13.6. The Kier molecular flexibility index (Phi) is 8.11. The first-order valence-corrected chi connectivity index (χ1v) is 15.2. The molecule has 1 aromatic heterocycles. The molecule has 5 rings (SSSR count). The van der Waals surface area contributed by atoms with Crippen molar-refractivity contribution in [3.05, 3.63) is 134 Å². The molecule has 42 heavy (non-hydrogen) atoms. The van der Waals surface area contributed by atoms with Crippen molar-refractivity contribution < 1.29 is 27.9 Å². The molecule has 10 heteroatoms. The molecule has 0 saturated carbocycles. The first kappa shape index (κ1) is 29.0. The van der Waals surface area contributed by atoms with Gasteiger partial charge in [0.1, 0.15) is 5.69 Å². The van der Waals surface area contributed by atoms with Crippen LogP contribution in [-0.4, -0.2) is 37.1 Å². The van der Waals surface area contributed by atoms with Gasteiger partial charge in [-0.05, 0) is 64.5 Å². The Morgan fingerprint density at radius 1 is 0.857 bits per heavy atom. The Bertz CT molecular complexity index is 1980. The van der Waals surface area contributed by atoms with Crippen LogP contribution in [0.3, 0.4) is 0 Å². The van der Waals surface area contributed by atoms with Crippen molar-refractivity contribution in [2.75, 3.05) is 7.11 Å². The van der Waals surface area contributed by atoms with Gasteiger partial charge in [-0.1, -0.05) is 70.5 Å². The molecule has 0 aliphatic carbocycles. The number of carbonyl (C=O) groups is 2. The van der Waals surface area contributed by atoms with Crippen molar-refractivity contribution in [2.45, 2.75) is 17.2 Å². The van der Waals surface area contributed by atoms with E-state index in [1.165, 1.54) is 35.9 Å². The zero-order valence-corrected chi connectivity index (χ0v) is 24.7. The lowest BCUT2D eigenvalue weighted by Gasteiger charge is -2.18. The highest BCUT2D eigenvalue weighted by Crippen LogP contribution is 2.33. The number of hydrogen-bond donors (Lipinski definition) is 1. The van der Waals surface area contributed by atoms with E-state index in [0.29, 0.717) is 37.5 Å². The summed E-state index contributed by atoms with van der Waals surface area (Å²) in [4.78, 5) is 38.0. The fourth-order valence-electron chi connectivity index (χ4n) is 4.83. The average molecular weight is 647 g/mol. The van der Waals surface area contributed by atoms with E-state index >= 15 is 0 Å². The Hall–Kier alpha value is -4.54. The molecular weight excluding hydrogens is 622 g/mol. The number of aromatic nitrogens is 1. The molecule has 0 bridgehead atoms. The number of nitrogens with zero attached hydrogens (tertiary/aromatic N) is 1. The van der Waals surface area contributed by atoms with Crippen molar-refractivity contribution in [1.82, 2.24) is 4.57 Å². The van der Waals surface area contributed by atoms with Crippen LogP contribution in [0.4, 0.5) is 0 Å². The molecule has 212 valence electrons. The summed E-state index contributed by atoms with van der Waals surface area (Å²) in [5.74, 6) is -2.09. The number of halogens is 1. The standard InChI is InChI=1S/C32H24BrNO7S/c1-41-32(38)23-11-14-25(15-12-23)42(39,40)19-21-9-7-20(8-10-21)18-34-29(31(36)37)28(22-5-3-2-4-6-22)27-17-24(33)13-16-26(27)30(34)35/h2-17H,18-19H2,1H3,(H,36,37). The van der Waals surface area contributed by atoms with E-state index in [4.69, 9.17) is 0 Å². The predicted octanol–water partition coefficient (Wildman–Crippen LogP) is 5.94. The average Bonchev–Trinajstić information content (AvgIpc) is 2.99. The topological polar surface area (TPSA) is 120 Å². The third-order valence-corrected chi connectivity index (χ3v) is 9.05. The van der Waals surface area contributed by atoms with Gasteiger partial charge in [0.05, 0.1) is 29.9 Å². The van der Waals surface area contributed by atoms with Gasteiger partial charge in [0, 0.05) is 15.4 Å². The largest absolute Gasteiger partial charge is 0.477 e. The molecule has 0 radical (unpaired) electrons. The molecule has 0 atom stereocenters. The number of ether oxygens (including phenoxy) is 1. The van der Waals surface area contributed by atoms with Crippen LogP contribution in [-0.2, 0) is 26.9 Å². The van der Waals surface area contributed by atoms with Gasteiger partial charge in [-0.25, -0.2) is 18.0 Å². The highest BCUT2D eigenvalue weighted by molar-refractivity contribution is 9.10. The van der Waals surface area contributed by atoms with Crippen molar-refractivity contribution in [2.24, 2.45) is 0 Å². The number of carboxylic acids is 1. The number of esters is 1. The summed E-state index contributed by atoms with van der Waals surface area (Å²) in [6, 6.07) is 26.3. The first-order valence-electron chi connectivity index (χ1n) is 12.7. The first-order chi connectivity index (χ1) is 20.1.